The molecule has 0 amide bonds. The molecule has 0 saturated carbocycles. The van der Waals surface area contributed by atoms with Gasteiger partial charge in [0.05, 0.1) is 21.8 Å². The van der Waals surface area contributed by atoms with Gasteiger partial charge in [-0.25, -0.2) is 0 Å². The van der Waals surface area contributed by atoms with E-state index in [9.17, 15) is 4.79 Å². The minimum Gasteiger partial charge on any atom is -0.455 e. The molecule has 3 aromatic heterocycles. The van der Waals surface area contributed by atoms with E-state index in [1.54, 1.807) is 0 Å². The largest absolute Gasteiger partial charge is 0.455 e. The first-order chi connectivity index (χ1) is 21.0. The lowest BCUT2D eigenvalue weighted by Crippen LogP contribution is -2.14. The van der Waals surface area contributed by atoms with E-state index >= 15 is 0 Å². The van der Waals surface area contributed by atoms with Crippen molar-refractivity contribution in [3.63, 3.8) is 0 Å². The number of para-hydroxylation sites is 2. The average Bonchev–Trinajstić information content (AvgIpc) is 3.50. The molecule has 0 bridgehead atoms. The first-order valence-electron chi connectivity index (χ1n) is 14.6. The zero-order valence-corrected chi connectivity index (χ0v) is 23.8. The molecule has 1 aliphatic carbocycles. The van der Waals surface area contributed by atoms with E-state index < -0.39 is 0 Å². The molecule has 0 spiro atoms. The predicted molar refractivity (Wildman–Crippen MR) is 175 cm³/mol. The summed E-state index contributed by atoms with van der Waals surface area (Å²) in [6.07, 6.45) is 3.84. The van der Waals surface area contributed by atoms with Crippen molar-refractivity contribution >= 4 is 43.7 Å². The molecule has 0 unspecified atom stereocenters. The lowest BCUT2D eigenvalue weighted by molar-refractivity contribution is 0.660. The Balaban J connectivity index is 1.36. The molecule has 4 nitrogen and oxygen atoms in total. The summed E-state index contributed by atoms with van der Waals surface area (Å²) in [6, 6.07) is 37.2. The van der Waals surface area contributed by atoms with Gasteiger partial charge in [0.15, 0.2) is 0 Å². The predicted octanol–water partition coefficient (Wildman–Crippen LogP) is 9.41. The molecule has 8 aromatic rings. The Bertz CT molecular complexity index is 2510. The van der Waals surface area contributed by atoms with Crippen LogP contribution in [0.15, 0.2) is 131 Å². The number of hydrogen-bond donors (Lipinski definition) is 0. The summed E-state index contributed by atoms with van der Waals surface area (Å²) < 4.78 is 8.77. The Morgan fingerprint density at radius 3 is 2.42 bits per heavy atom. The third kappa shape index (κ3) is 3.21. The zero-order chi connectivity index (χ0) is 28.9. The molecule has 0 radical (unpaired) electrons. The fourth-order valence-electron chi connectivity index (χ4n) is 7.27. The van der Waals surface area contributed by atoms with Crippen LogP contribution in [0.3, 0.4) is 0 Å². The molecular formula is C39H26N2O2. The molecule has 0 atom stereocenters. The van der Waals surface area contributed by atoms with Gasteiger partial charge in [-0.05, 0) is 58.7 Å². The second-order valence-electron chi connectivity index (χ2n) is 11.9. The Labute approximate surface area is 247 Å². The molecule has 0 N–H and O–H groups in total. The van der Waals surface area contributed by atoms with Crippen molar-refractivity contribution in [1.82, 2.24) is 9.55 Å². The minimum atomic E-state index is -0.106. The van der Waals surface area contributed by atoms with Gasteiger partial charge in [-0.15, -0.1) is 0 Å². The summed E-state index contributed by atoms with van der Waals surface area (Å²) in [5.74, 6) is 0. The smallest absolute Gasteiger partial charge is 0.200 e. The molecule has 0 aliphatic heterocycles. The van der Waals surface area contributed by atoms with Gasteiger partial charge in [0, 0.05) is 45.4 Å². The van der Waals surface area contributed by atoms with Crippen LogP contribution in [0.5, 0.6) is 0 Å². The van der Waals surface area contributed by atoms with E-state index in [-0.39, 0.29) is 10.8 Å². The van der Waals surface area contributed by atoms with Crippen LogP contribution in [-0.4, -0.2) is 9.55 Å². The minimum absolute atomic E-state index is 0.0124. The van der Waals surface area contributed by atoms with Crippen LogP contribution in [0.4, 0.5) is 0 Å². The van der Waals surface area contributed by atoms with Crippen molar-refractivity contribution in [1.29, 1.82) is 0 Å². The van der Waals surface area contributed by atoms with Gasteiger partial charge < -0.3 is 8.98 Å². The summed E-state index contributed by atoms with van der Waals surface area (Å²) in [6.45, 7) is 4.63. The summed E-state index contributed by atoms with van der Waals surface area (Å²) in [5, 5.41) is 3.48. The molecule has 43 heavy (non-hydrogen) atoms. The van der Waals surface area contributed by atoms with Crippen LogP contribution < -0.4 is 5.43 Å². The number of pyridine rings is 1. The number of nitrogens with zero attached hydrogens (tertiary/aromatic N) is 2. The summed E-state index contributed by atoms with van der Waals surface area (Å²) in [4.78, 5) is 17.9. The van der Waals surface area contributed by atoms with E-state index in [4.69, 9.17) is 4.42 Å². The number of rotatable bonds is 2. The van der Waals surface area contributed by atoms with Gasteiger partial charge >= 0.3 is 0 Å². The van der Waals surface area contributed by atoms with Crippen LogP contribution in [0.1, 0.15) is 25.0 Å². The highest BCUT2D eigenvalue weighted by molar-refractivity contribution is 6.15. The van der Waals surface area contributed by atoms with Gasteiger partial charge in [-0.2, -0.15) is 0 Å². The lowest BCUT2D eigenvalue weighted by atomic mass is 9.82. The molecule has 1 aliphatic rings. The number of hydrogen-bond acceptors (Lipinski definition) is 3. The molecular weight excluding hydrogens is 528 g/mol. The molecule has 5 aromatic carbocycles. The summed E-state index contributed by atoms with van der Waals surface area (Å²) >= 11 is 0. The van der Waals surface area contributed by atoms with Crippen molar-refractivity contribution in [2.24, 2.45) is 0 Å². The molecule has 9 rings (SSSR count). The maximum atomic E-state index is 13.4. The Morgan fingerprint density at radius 1 is 0.698 bits per heavy atom. The highest BCUT2D eigenvalue weighted by Crippen LogP contribution is 2.52. The molecule has 0 saturated heterocycles. The monoisotopic (exact) mass is 554 g/mol. The van der Waals surface area contributed by atoms with E-state index in [1.807, 2.05) is 54.9 Å². The van der Waals surface area contributed by atoms with Gasteiger partial charge in [0.1, 0.15) is 11.2 Å². The topological polar surface area (TPSA) is 48.0 Å². The van der Waals surface area contributed by atoms with E-state index in [0.717, 1.165) is 27.7 Å². The Kier molecular flexibility index (Phi) is 4.79. The highest BCUT2D eigenvalue weighted by Gasteiger charge is 2.37. The first kappa shape index (κ1) is 24.2. The molecule has 204 valence electrons. The Hall–Kier alpha value is -5.48. The van der Waals surface area contributed by atoms with Crippen molar-refractivity contribution in [3.05, 3.63) is 143 Å². The van der Waals surface area contributed by atoms with Crippen molar-refractivity contribution in [2.75, 3.05) is 0 Å². The molecule has 3 heterocycles. The number of benzene rings is 5. The van der Waals surface area contributed by atoms with E-state index in [2.05, 4.69) is 90.1 Å². The summed E-state index contributed by atoms with van der Waals surface area (Å²) in [7, 11) is 0. The van der Waals surface area contributed by atoms with Crippen LogP contribution in [0.25, 0.3) is 71.7 Å². The second-order valence-corrected chi connectivity index (χ2v) is 11.9. The third-order valence-electron chi connectivity index (χ3n) is 9.29. The fraction of sp³-hybridized carbons (Fsp3) is 0.0769. The SMILES string of the molecule is CC1(C)c2ccccc2-c2c1ccc1c3cnccc3n(-c3cccc(-c4cccc5c(=O)c6ccccc6oc45)c3)c21. The van der Waals surface area contributed by atoms with Crippen LogP contribution in [-0.2, 0) is 5.41 Å². The van der Waals surface area contributed by atoms with Crippen LogP contribution in [0.2, 0.25) is 0 Å². The quantitative estimate of drug-likeness (QED) is 0.200. The van der Waals surface area contributed by atoms with Crippen molar-refractivity contribution in [2.45, 2.75) is 19.3 Å². The van der Waals surface area contributed by atoms with Crippen molar-refractivity contribution < 1.29 is 4.42 Å². The van der Waals surface area contributed by atoms with Crippen LogP contribution in [0, 0.1) is 0 Å². The maximum Gasteiger partial charge on any atom is 0.200 e. The molecule has 4 heteroatoms. The van der Waals surface area contributed by atoms with Gasteiger partial charge in [-0.3, -0.25) is 9.78 Å². The Morgan fingerprint density at radius 2 is 1.49 bits per heavy atom. The molecule has 0 fully saturated rings. The highest BCUT2D eigenvalue weighted by atomic mass is 16.3. The van der Waals surface area contributed by atoms with E-state index in [1.165, 1.54) is 33.2 Å². The third-order valence-corrected chi connectivity index (χ3v) is 9.29. The second kappa shape index (κ2) is 8.52. The van der Waals surface area contributed by atoms with Gasteiger partial charge in [-0.1, -0.05) is 86.6 Å². The first-order valence-corrected chi connectivity index (χ1v) is 14.6. The van der Waals surface area contributed by atoms with Gasteiger partial charge in [0.2, 0.25) is 5.43 Å². The standard InChI is InChI=1S/C39H26N2O2/c1-39(2)31-15-5-3-11-27(31)35-32(39)18-17-26-30-22-40-20-19-33(30)41(36(26)35)24-10-7-9-23(21-24)25-13-8-14-29-37(42)28-12-4-6-16-34(28)43-38(25)29/h3-22H,1-2H3. The average molecular weight is 555 g/mol. The lowest BCUT2D eigenvalue weighted by Gasteiger charge is -2.21. The van der Waals surface area contributed by atoms with E-state index in [0.29, 0.717) is 21.9 Å². The fourth-order valence-corrected chi connectivity index (χ4v) is 7.27. The zero-order valence-electron chi connectivity index (χ0n) is 23.8. The van der Waals surface area contributed by atoms with Gasteiger partial charge in [0.25, 0.3) is 0 Å². The number of aromatic nitrogens is 2. The number of fused-ring (bicyclic) bond motifs is 9. The van der Waals surface area contributed by atoms with Crippen LogP contribution >= 0.6 is 0 Å². The van der Waals surface area contributed by atoms with Crippen molar-refractivity contribution in [3.8, 4) is 27.9 Å². The summed E-state index contributed by atoms with van der Waals surface area (Å²) in [5.41, 5.74) is 11.5. The maximum absolute atomic E-state index is 13.4. The normalized spacial score (nSPS) is 13.6.